The normalized spacial score (nSPS) is 10.9. The number of para-hydroxylation sites is 1. The van der Waals surface area contributed by atoms with Gasteiger partial charge in [0.2, 0.25) is 0 Å². The van der Waals surface area contributed by atoms with E-state index in [2.05, 4.69) is 14.9 Å². The van der Waals surface area contributed by atoms with Gasteiger partial charge in [0.15, 0.2) is 11.5 Å². The smallest absolute Gasteiger partial charge is 0.387 e. The Balaban J connectivity index is 1.70. The summed E-state index contributed by atoms with van der Waals surface area (Å²) in [6.07, 6.45) is 0. The third kappa shape index (κ3) is 4.92. The molecular weight excluding hydrogens is 390 g/mol. The van der Waals surface area contributed by atoms with E-state index in [9.17, 15) is 8.78 Å². The van der Waals surface area contributed by atoms with Crippen molar-refractivity contribution in [1.29, 1.82) is 0 Å². The summed E-state index contributed by atoms with van der Waals surface area (Å²) in [6, 6.07) is 12.2. The van der Waals surface area contributed by atoms with E-state index >= 15 is 0 Å². The lowest BCUT2D eigenvalue weighted by Crippen LogP contribution is -2.03. The summed E-state index contributed by atoms with van der Waals surface area (Å²) >= 11 is 1.32. The zero-order chi connectivity index (χ0) is 19.9. The number of aromatic nitrogens is 2. The van der Waals surface area contributed by atoms with Gasteiger partial charge in [0.25, 0.3) is 11.1 Å². The van der Waals surface area contributed by atoms with Crippen LogP contribution in [0.3, 0.4) is 0 Å². The van der Waals surface area contributed by atoms with E-state index in [1.807, 2.05) is 31.2 Å². The lowest BCUT2D eigenvalue weighted by atomic mass is 10.2. The van der Waals surface area contributed by atoms with Crippen molar-refractivity contribution in [2.75, 3.05) is 13.7 Å². The average molecular weight is 408 g/mol. The monoisotopic (exact) mass is 408 g/mol. The molecule has 1 heterocycles. The molecule has 0 radical (unpaired) electrons. The van der Waals surface area contributed by atoms with Crippen LogP contribution in [0.1, 0.15) is 12.5 Å². The second-order valence-corrected chi connectivity index (χ2v) is 6.38. The number of hydrogen-bond donors (Lipinski definition) is 0. The van der Waals surface area contributed by atoms with Gasteiger partial charge in [-0.05, 0) is 36.8 Å². The molecule has 6 nitrogen and oxygen atoms in total. The van der Waals surface area contributed by atoms with Crippen molar-refractivity contribution in [3.8, 4) is 28.7 Å². The van der Waals surface area contributed by atoms with Crippen molar-refractivity contribution in [2.24, 2.45) is 0 Å². The molecule has 28 heavy (non-hydrogen) atoms. The highest BCUT2D eigenvalue weighted by molar-refractivity contribution is 7.98. The first-order chi connectivity index (χ1) is 13.6. The molecule has 0 spiro atoms. The fraction of sp³-hybridized carbons (Fsp3) is 0.263. The quantitative estimate of drug-likeness (QED) is 0.460. The largest absolute Gasteiger partial charge is 0.493 e. The van der Waals surface area contributed by atoms with Gasteiger partial charge in [-0.2, -0.15) is 8.78 Å². The highest BCUT2D eigenvalue weighted by atomic mass is 32.2. The van der Waals surface area contributed by atoms with Gasteiger partial charge >= 0.3 is 6.61 Å². The van der Waals surface area contributed by atoms with Gasteiger partial charge in [0.1, 0.15) is 5.75 Å². The molecule has 0 amide bonds. The summed E-state index contributed by atoms with van der Waals surface area (Å²) < 4.78 is 45.6. The molecule has 0 N–H and O–H groups in total. The van der Waals surface area contributed by atoms with Crippen LogP contribution >= 0.6 is 11.8 Å². The zero-order valence-electron chi connectivity index (χ0n) is 15.2. The zero-order valence-corrected chi connectivity index (χ0v) is 16.0. The van der Waals surface area contributed by atoms with Crippen molar-refractivity contribution >= 4 is 11.8 Å². The minimum Gasteiger partial charge on any atom is -0.493 e. The second kappa shape index (κ2) is 9.41. The maximum absolute atomic E-state index is 12.4. The van der Waals surface area contributed by atoms with Crippen LogP contribution in [-0.4, -0.2) is 30.5 Å². The Labute approximate surface area is 164 Å². The SMILES string of the molecule is CCOc1ccccc1-c1nnc(SCc2ccc(OC(F)F)c(OC)c2)o1. The van der Waals surface area contributed by atoms with Gasteiger partial charge in [-0.15, -0.1) is 10.2 Å². The van der Waals surface area contributed by atoms with Crippen LogP contribution in [0, 0.1) is 0 Å². The Morgan fingerprint density at radius 3 is 2.64 bits per heavy atom. The van der Waals surface area contributed by atoms with E-state index in [0.717, 1.165) is 11.1 Å². The first-order valence-electron chi connectivity index (χ1n) is 8.41. The topological polar surface area (TPSA) is 66.6 Å². The molecule has 3 rings (SSSR count). The molecule has 9 heteroatoms. The Kier molecular flexibility index (Phi) is 6.70. The third-order valence-electron chi connectivity index (χ3n) is 3.63. The van der Waals surface area contributed by atoms with Crippen molar-refractivity contribution in [1.82, 2.24) is 10.2 Å². The van der Waals surface area contributed by atoms with Crippen molar-refractivity contribution in [3.63, 3.8) is 0 Å². The number of nitrogens with zero attached hydrogens (tertiary/aromatic N) is 2. The fourth-order valence-corrected chi connectivity index (χ4v) is 3.15. The van der Waals surface area contributed by atoms with Crippen LogP contribution in [0.2, 0.25) is 0 Å². The van der Waals surface area contributed by atoms with E-state index in [0.29, 0.717) is 29.2 Å². The van der Waals surface area contributed by atoms with Crippen molar-refractivity contribution in [3.05, 3.63) is 48.0 Å². The van der Waals surface area contributed by atoms with E-state index in [4.69, 9.17) is 13.9 Å². The second-order valence-electron chi connectivity index (χ2n) is 5.45. The van der Waals surface area contributed by atoms with E-state index in [1.165, 1.54) is 24.9 Å². The van der Waals surface area contributed by atoms with E-state index in [-0.39, 0.29) is 11.5 Å². The molecule has 0 aliphatic rings. The Bertz CT molecular complexity index is 920. The van der Waals surface area contributed by atoms with Gasteiger partial charge in [-0.3, -0.25) is 0 Å². The molecular formula is C19H18F2N2O4S. The molecule has 148 valence electrons. The lowest BCUT2D eigenvalue weighted by Gasteiger charge is -2.10. The number of benzene rings is 2. The predicted octanol–water partition coefficient (Wildman–Crippen LogP) is 5.04. The summed E-state index contributed by atoms with van der Waals surface area (Å²) in [4.78, 5) is 0. The first-order valence-corrected chi connectivity index (χ1v) is 9.39. The minimum atomic E-state index is -2.91. The van der Waals surface area contributed by atoms with Crippen LogP contribution < -0.4 is 14.2 Å². The highest BCUT2D eigenvalue weighted by Crippen LogP contribution is 2.34. The van der Waals surface area contributed by atoms with Crippen molar-refractivity contribution < 1.29 is 27.4 Å². The highest BCUT2D eigenvalue weighted by Gasteiger charge is 2.15. The maximum Gasteiger partial charge on any atom is 0.387 e. The van der Waals surface area contributed by atoms with Gasteiger partial charge in [-0.25, -0.2) is 0 Å². The number of rotatable bonds is 9. The lowest BCUT2D eigenvalue weighted by molar-refractivity contribution is -0.0512. The van der Waals surface area contributed by atoms with Crippen LogP contribution in [0.15, 0.2) is 52.1 Å². The molecule has 0 aliphatic carbocycles. The molecule has 3 aromatic rings. The summed E-state index contributed by atoms with van der Waals surface area (Å²) in [6.45, 7) is -0.483. The molecule has 0 bridgehead atoms. The standard InChI is InChI=1S/C19H18F2N2O4S/c1-3-25-14-7-5-4-6-13(14)17-22-23-19(27-17)28-11-12-8-9-15(26-18(20)21)16(10-12)24-2/h4-10,18H,3,11H2,1-2H3. The Hall–Kier alpha value is -2.81. The fourth-order valence-electron chi connectivity index (χ4n) is 2.44. The summed E-state index contributed by atoms with van der Waals surface area (Å²) in [5, 5.41) is 8.50. The maximum atomic E-state index is 12.4. The summed E-state index contributed by atoms with van der Waals surface area (Å²) in [5.74, 6) is 1.74. The number of ether oxygens (including phenoxy) is 3. The van der Waals surface area contributed by atoms with Crippen molar-refractivity contribution in [2.45, 2.75) is 24.5 Å². The molecule has 0 saturated carbocycles. The van der Waals surface area contributed by atoms with Crippen LogP contribution in [0.4, 0.5) is 8.78 Å². The Morgan fingerprint density at radius 2 is 1.89 bits per heavy atom. The minimum absolute atomic E-state index is 0.0149. The number of halogens is 2. The number of thioether (sulfide) groups is 1. The van der Waals surface area contributed by atoms with Crippen LogP contribution in [0.5, 0.6) is 17.2 Å². The number of methoxy groups -OCH3 is 1. The molecule has 0 aliphatic heterocycles. The van der Waals surface area contributed by atoms with Gasteiger partial charge in [0, 0.05) is 5.75 Å². The Morgan fingerprint density at radius 1 is 1.07 bits per heavy atom. The number of alkyl halides is 2. The summed E-state index contributed by atoms with van der Waals surface area (Å²) in [7, 11) is 1.39. The van der Waals surface area contributed by atoms with Crippen LogP contribution in [0.25, 0.3) is 11.5 Å². The average Bonchev–Trinajstić information content (AvgIpc) is 3.16. The first kappa shape index (κ1) is 19.9. The van der Waals surface area contributed by atoms with Crippen LogP contribution in [-0.2, 0) is 5.75 Å². The van der Waals surface area contributed by atoms with E-state index in [1.54, 1.807) is 12.1 Å². The number of hydrogen-bond acceptors (Lipinski definition) is 7. The molecule has 2 aromatic carbocycles. The predicted molar refractivity (Wildman–Crippen MR) is 100 cm³/mol. The molecule has 1 aromatic heterocycles. The summed E-state index contributed by atoms with van der Waals surface area (Å²) in [5.41, 5.74) is 1.55. The van der Waals surface area contributed by atoms with Gasteiger partial charge in [0.05, 0.1) is 19.3 Å². The molecule has 0 saturated heterocycles. The van der Waals surface area contributed by atoms with Gasteiger partial charge < -0.3 is 18.6 Å². The molecule has 0 atom stereocenters. The molecule has 0 fully saturated rings. The van der Waals surface area contributed by atoms with E-state index < -0.39 is 6.61 Å². The molecule has 0 unspecified atom stereocenters. The third-order valence-corrected chi connectivity index (χ3v) is 4.52. The van der Waals surface area contributed by atoms with Gasteiger partial charge in [-0.1, -0.05) is 30.0 Å².